The van der Waals surface area contributed by atoms with Gasteiger partial charge in [-0.25, -0.2) is 4.39 Å². The highest BCUT2D eigenvalue weighted by atomic mass is 35.5. The van der Waals surface area contributed by atoms with Gasteiger partial charge in [0.25, 0.3) is 5.91 Å². The molecule has 0 aromatic heterocycles. The molecule has 3 rings (SSSR count). The molecule has 0 saturated carbocycles. The Morgan fingerprint density at radius 3 is 2.50 bits per heavy atom. The summed E-state index contributed by atoms with van der Waals surface area (Å²) in [6.45, 7) is 2.76. The Morgan fingerprint density at radius 2 is 1.85 bits per heavy atom. The second-order valence-corrected chi connectivity index (χ2v) is 6.93. The predicted octanol–water partition coefficient (Wildman–Crippen LogP) is 4.28. The summed E-state index contributed by atoms with van der Waals surface area (Å²) in [5.41, 5.74) is 1.74. The van der Waals surface area contributed by atoms with Gasteiger partial charge in [-0.1, -0.05) is 29.8 Å². The molecule has 4 nitrogen and oxygen atoms in total. The molecule has 2 aromatic carbocycles. The van der Waals surface area contributed by atoms with Gasteiger partial charge < -0.3 is 10.2 Å². The van der Waals surface area contributed by atoms with E-state index in [-0.39, 0.29) is 22.4 Å². The number of carbonyl (C=O) groups is 2. The van der Waals surface area contributed by atoms with Crippen molar-refractivity contribution >= 4 is 29.1 Å². The Kier molecular flexibility index (Phi) is 5.57. The lowest BCUT2D eigenvalue weighted by atomic mass is 9.95. The zero-order chi connectivity index (χ0) is 18.7. The number of likely N-dealkylation sites (tertiary alicyclic amines) is 1. The minimum Gasteiger partial charge on any atom is -0.338 e. The van der Waals surface area contributed by atoms with Crippen LogP contribution >= 0.6 is 11.6 Å². The third-order valence-corrected chi connectivity index (χ3v) is 4.93. The molecule has 1 fully saturated rings. The van der Waals surface area contributed by atoms with E-state index in [0.717, 1.165) is 11.3 Å². The maximum Gasteiger partial charge on any atom is 0.258 e. The highest BCUT2D eigenvalue weighted by molar-refractivity contribution is 6.33. The molecule has 0 unspecified atom stereocenters. The SMILES string of the molecule is Cc1cccc(NC(=O)C2CCN(C(=O)c3c(F)cccc3Cl)CC2)c1. The van der Waals surface area contributed by atoms with Crippen molar-refractivity contribution in [3.8, 4) is 0 Å². The molecule has 2 amide bonds. The number of halogens is 2. The van der Waals surface area contributed by atoms with Gasteiger partial charge in [0.2, 0.25) is 5.91 Å². The Labute approximate surface area is 157 Å². The van der Waals surface area contributed by atoms with E-state index in [1.807, 2.05) is 31.2 Å². The first-order valence-corrected chi connectivity index (χ1v) is 8.94. The molecule has 1 aliphatic heterocycles. The minimum absolute atomic E-state index is 0.0494. The maximum atomic E-state index is 13.9. The molecule has 26 heavy (non-hydrogen) atoms. The summed E-state index contributed by atoms with van der Waals surface area (Å²) < 4.78 is 13.9. The van der Waals surface area contributed by atoms with Gasteiger partial charge in [0.05, 0.1) is 10.6 Å². The second kappa shape index (κ2) is 7.87. The van der Waals surface area contributed by atoms with Crippen LogP contribution in [0.25, 0.3) is 0 Å². The average molecular weight is 375 g/mol. The summed E-state index contributed by atoms with van der Waals surface area (Å²) in [7, 11) is 0. The number of amides is 2. The summed E-state index contributed by atoms with van der Waals surface area (Å²) in [5.74, 6) is -1.27. The molecule has 1 heterocycles. The van der Waals surface area contributed by atoms with Gasteiger partial charge in [-0.2, -0.15) is 0 Å². The van der Waals surface area contributed by atoms with Crippen LogP contribution in [0.2, 0.25) is 5.02 Å². The molecule has 0 radical (unpaired) electrons. The molecular weight excluding hydrogens is 355 g/mol. The van der Waals surface area contributed by atoms with E-state index < -0.39 is 11.7 Å². The topological polar surface area (TPSA) is 49.4 Å². The second-order valence-electron chi connectivity index (χ2n) is 6.52. The van der Waals surface area contributed by atoms with E-state index in [4.69, 9.17) is 11.6 Å². The third-order valence-electron chi connectivity index (χ3n) is 4.62. The molecule has 6 heteroatoms. The first-order valence-electron chi connectivity index (χ1n) is 8.56. The summed E-state index contributed by atoms with van der Waals surface area (Å²) in [5, 5.41) is 3.03. The summed E-state index contributed by atoms with van der Waals surface area (Å²) in [4.78, 5) is 26.5. The number of rotatable bonds is 3. The van der Waals surface area contributed by atoms with E-state index in [2.05, 4.69) is 5.32 Å². The van der Waals surface area contributed by atoms with Crippen molar-refractivity contribution in [2.75, 3.05) is 18.4 Å². The fraction of sp³-hybridized carbons (Fsp3) is 0.300. The highest BCUT2D eigenvalue weighted by Gasteiger charge is 2.29. The lowest BCUT2D eigenvalue weighted by Gasteiger charge is -2.31. The summed E-state index contributed by atoms with van der Waals surface area (Å²) in [6, 6.07) is 11.8. The fourth-order valence-electron chi connectivity index (χ4n) is 3.17. The van der Waals surface area contributed by atoms with E-state index in [0.29, 0.717) is 25.9 Å². The van der Waals surface area contributed by atoms with Crippen LogP contribution in [0.1, 0.15) is 28.8 Å². The monoisotopic (exact) mass is 374 g/mol. The van der Waals surface area contributed by atoms with Crippen LogP contribution in [0.15, 0.2) is 42.5 Å². The molecule has 136 valence electrons. The van der Waals surface area contributed by atoms with Crippen molar-refractivity contribution < 1.29 is 14.0 Å². The van der Waals surface area contributed by atoms with Crippen molar-refractivity contribution in [1.29, 1.82) is 0 Å². The zero-order valence-corrected chi connectivity index (χ0v) is 15.2. The molecule has 1 saturated heterocycles. The lowest BCUT2D eigenvalue weighted by Crippen LogP contribution is -2.41. The van der Waals surface area contributed by atoms with Crippen molar-refractivity contribution in [3.05, 3.63) is 64.4 Å². The first kappa shape index (κ1) is 18.4. The number of anilines is 1. The van der Waals surface area contributed by atoms with E-state index >= 15 is 0 Å². The number of hydrogen-bond acceptors (Lipinski definition) is 2. The first-order chi connectivity index (χ1) is 12.5. The summed E-state index contributed by atoms with van der Waals surface area (Å²) >= 11 is 5.97. The minimum atomic E-state index is -0.623. The molecule has 1 N–H and O–H groups in total. The van der Waals surface area contributed by atoms with Crippen molar-refractivity contribution in [3.63, 3.8) is 0 Å². The molecule has 0 bridgehead atoms. The Balaban J connectivity index is 1.60. The van der Waals surface area contributed by atoms with Crippen LogP contribution in [-0.4, -0.2) is 29.8 Å². The number of benzene rings is 2. The number of aryl methyl sites for hydroxylation is 1. The van der Waals surface area contributed by atoms with Gasteiger partial charge in [0.15, 0.2) is 0 Å². The highest BCUT2D eigenvalue weighted by Crippen LogP contribution is 2.25. The predicted molar refractivity (Wildman–Crippen MR) is 99.8 cm³/mol. The normalized spacial score (nSPS) is 15.0. The van der Waals surface area contributed by atoms with Gasteiger partial charge in [-0.15, -0.1) is 0 Å². The van der Waals surface area contributed by atoms with Gasteiger partial charge in [-0.05, 0) is 49.6 Å². The van der Waals surface area contributed by atoms with Crippen LogP contribution in [-0.2, 0) is 4.79 Å². The van der Waals surface area contributed by atoms with E-state index in [1.165, 1.54) is 18.2 Å². The average Bonchev–Trinajstić information content (AvgIpc) is 2.61. The lowest BCUT2D eigenvalue weighted by molar-refractivity contribution is -0.121. The standard InChI is InChI=1S/C20H20ClFN2O2/c1-13-4-2-5-15(12-13)23-19(25)14-8-10-24(11-9-14)20(26)18-16(21)6-3-7-17(18)22/h2-7,12,14H,8-11H2,1H3,(H,23,25). The summed E-state index contributed by atoms with van der Waals surface area (Å²) in [6.07, 6.45) is 1.07. The number of piperidine rings is 1. The van der Waals surface area contributed by atoms with Crippen LogP contribution in [0.4, 0.5) is 10.1 Å². The van der Waals surface area contributed by atoms with E-state index in [1.54, 1.807) is 4.90 Å². The number of nitrogens with zero attached hydrogens (tertiary/aromatic N) is 1. The third kappa shape index (κ3) is 4.05. The van der Waals surface area contributed by atoms with Gasteiger partial charge in [-0.3, -0.25) is 9.59 Å². The number of carbonyl (C=O) groups excluding carboxylic acids is 2. The fourth-order valence-corrected chi connectivity index (χ4v) is 3.42. The number of nitrogens with one attached hydrogen (secondary N) is 1. The molecular formula is C20H20ClFN2O2. The van der Waals surface area contributed by atoms with Gasteiger partial charge in [0.1, 0.15) is 5.82 Å². The Bertz CT molecular complexity index is 812. The molecule has 1 aliphatic rings. The van der Waals surface area contributed by atoms with Crippen LogP contribution < -0.4 is 5.32 Å². The van der Waals surface area contributed by atoms with Crippen LogP contribution in [0, 0.1) is 18.7 Å². The van der Waals surface area contributed by atoms with Gasteiger partial charge in [0, 0.05) is 24.7 Å². The largest absolute Gasteiger partial charge is 0.338 e. The Morgan fingerprint density at radius 1 is 1.15 bits per heavy atom. The van der Waals surface area contributed by atoms with Crippen molar-refractivity contribution in [2.24, 2.45) is 5.92 Å². The zero-order valence-electron chi connectivity index (χ0n) is 14.5. The Hall–Kier alpha value is -2.40. The molecule has 2 aromatic rings. The quantitative estimate of drug-likeness (QED) is 0.871. The molecule has 0 spiro atoms. The maximum absolute atomic E-state index is 13.9. The van der Waals surface area contributed by atoms with Gasteiger partial charge >= 0.3 is 0 Å². The molecule has 0 aliphatic carbocycles. The van der Waals surface area contributed by atoms with Crippen molar-refractivity contribution in [1.82, 2.24) is 4.90 Å². The van der Waals surface area contributed by atoms with Crippen LogP contribution in [0.5, 0.6) is 0 Å². The van der Waals surface area contributed by atoms with E-state index in [9.17, 15) is 14.0 Å². The smallest absolute Gasteiger partial charge is 0.258 e. The number of hydrogen-bond donors (Lipinski definition) is 1. The molecule has 0 atom stereocenters. The van der Waals surface area contributed by atoms with Crippen LogP contribution in [0.3, 0.4) is 0 Å². The van der Waals surface area contributed by atoms with Crippen molar-refractivity contribution in [2.45, 2.75) is 19.8 Å².